The van der Waals surface area contributed by atoms with Crippen molar-refractivity contribution in [1.29, 1.82) is 0 Å². The maximum atomic E-state index is 6.01. The molecule has 0 aliphatic rings. The first-order valence-corrected chi connectivity index (χ1v) is 5.16. The minimum absolute atomic E-state index is 0.0360. The molecule has 3 N–H and O–H groups in total. The van der Waals surface area contributed by atoms with E-state index in [4.69, 9.17) is 23.9 Å². The Hall–Kier alpha value is -1.08. The van der Waals surface area contributed by atoms with Crippen LogP contribution in [-0.4, -0.2) is 4.98 Å². The first-order valence-electron chi connectivity index (χ1n) is 4.78. The van der Waals surface area contributed by atoms with E-state index in [0.717, 1.165) is 24.8 Å². The van der Waals surface area contributed by atoms with Gasteiger partial charge in [-0.25, -0.2) is 0 Å². The van der Waals surface area contributed by atoms with Crippen molar-refractivity contribution in [3.05, 3.63) is 29.0 Å². The van der Waals surface area contributed by atoms with Crippen LogP contribution in [0.4, 0.5) is 0 Å². The summed E-state index contributed by atoms with van der Waals surface area (Å²) in [5.74, 6) is 8.07. The van der Waals surface area contributed by atoms with E-state index in [2.05, 4.69) is 16.3 Å². The van der Waals surface area contributed by atoms with E-state index in [-0.39, 0.29) is 6.04 Å². The molecule has 1 rings (SSSR count). The molecule has 0 amide bonds. The van der Waals surface area contributed by atoms with Crippen LogP contribution in [0.25, 0.3) is 0 Å². The lowest BCUT2D eigenvalue weighted by atomic mass is 10.0. The molecular formula is C11H14ClN3. The van der Waals surface area contributed by atoms with Crippen LogP contribution in [0.2, 0.25) is 5.02 Å². The van der Waals surface area contributed by atoms with Gasteiger partial charge < -0.3 is 0 Å². The van der Waals surface area contributed by atoms with Crippen molar-refractivity contribution >= 4 is 11.6 Å². The highest BCUT2D eigenvalue weighted by Gasteiger charge is 2.12. The number of hydrogen-bond donors (Lipinski definition) is 2. The summed E-state index contributed by atoms with van der Waals surface area (Å²) in [6, 6.07) is 1.90. The fourth-order valence-corrected chi connectivity index (χ4v) is 1.66. The zero-order valence-electron chi connectivity index (χ0n) is 8.41. The predicted molar refractivity (Wildman–Crippen MR) is 62.0 cm³/mol. The number of nitrogens with two attached hydrogens (primary N) is 1. The molecule has 1 unspecified atom stereocenters. The summed E-state index contributed by atoms with van der Waals surface area (Å²) in [4.78, 5) is 3.93. The molecule has 80 valence electrons. The van der Waals surface area contributed by atoms with Gasteiger partial charge in [0.25, 0.3) is 0 Å². The van der Waals surface area contributed by atoms with E-state index >= 15 is 0 Å². The van der Waals surface area contributed by atoms with E-state index in [9.17, 15) is 0 Å². The highest BCUT2D eigenvalue weighted by molar-refractivity contribution is 6.31. The van der Waals surface area contributed by atoms with Gasteiger partial charge in [0.05, 0.1) is 5.02 Å². The Bertz CT molecular complexity index is 346. The van der Waals surface area contributed by atoms with E-state index in [0.29, 0.717) is 5.02 Å². The minimum atomic E-state index is 0.0360. The molecule has 1 heterocycles. The lowest BCUT2D eigenvalue weighted by Gasteiger charge is -2.16. The Morgan fingerprint density at radius 3 is 3.07 bits per heavy atom. The third-order valence-electron chi connectivity index (χ3n) is 2.19. The number of halogens is 1. The van der Waals surface area contributed by atoms with Gasteiger partial charge in [-0.1, -0.05) is 11.6 Å². The highest BCUT2D eigenvalue weighted by Crippen LogP contribution is 2.24. The van der Waals surface area contributed by atoms with Gasteiger partial charge in [-0.2, -0.15) is 0 Å². The fourth-order valence-electron chi connectivity index (χ4n) is 1.41. The van der Waals surface area contributed by atoms with Gasteiger partial charge in [-0.15, -0.1) is 12.3 Å². The van der Waals surface area contributed by atoms with Crippen LogP contribution in [0.5, 0.6) is 0 Å². The summed E-state index contributed by atoms with van der Waals surface area (Å²) in [7, 11) is 0. The molecule has 0 spiro atoms. The maximum Gasteiger partial charge on any atom is 0.0637 e. The summed E-state index contributed by atoms with van der Waals surface area (Å²) < 4.78 is 0. The summed E-state index contributed by atoms with van der Waals surface area (Å²) in [6.07, 6.45) is 11.0. The van der Waals surface area contributed by atoms with Gasteiger partial charge in [0.2, 0.25) is 0 Å². The molecule has 1 aromatic heterocycles. The van der Waals surface area contributed by atoms with Crippen LogP contribution in [0.3, 0.4) is 0 Å². The maximum absolute atomic E-state index is 6.01. The minimum Gasteiger partial charge on any atom is -0.271 e. The second kappa shape index (κ2) is 6.41. The number of aromatic nitrogens is 1. The zero-order valence-corrected chi connectivity index (χ0v) is 9.17. The van der Waals surface area contributed by atoms with Gasteiger partial charge in [-0.3, -0.25) is 16.3 Å². The van der Waals surface area contributed by atoms with Gasteiger partial charge in [0, 0.05) is 24.9 Å². The molecular weight excluding hydrogens is 210 g/mol. The topological polar surface area (TPSA) is 50.9 Å². The number of terminal acetylenes is 1. The molecule has 15 heavy (non-hydrogen) atoms. The average molecular weight is 224 g/mol. The highest BCUT2D eigenvalue weighted by atomic mass is 35.5. The quantitative estimate of drug-likeness (QED) is 0.348. The van der Waals surface area contributed by atoms with Crippen LogP contribution in [0.15, 0.2) is 18.5 Å². The summed E-state index contributed by atoms with van der Waals surface area (Å²) in [5.41, 5.74) is 3.70. The van der Waals surface area contributed by atoms with Crippen LogP contribution in [0.1, 0.15) is 30.9 Å². The van der Waals surface area contributed by atoms with Crippen molar-refractivity contribution in [1.82, 2.24) is 10.4 Å². The smallest absolute Gasteiger partial charge is 0.0637 e. The van der Waals surface area contributed by atoms with E-state index in [1.54, 1.807) is 12.4 Å². The standard InChI is InChI=1S/C11H14ClN3/c1-2-3-4-5-11(15-13)9-6-7-14-8-10(9)12/h1,6-8,11,15H,3-5,13H2. The Morgan fingerprint density at radius 1 is 1.67 bits per heavy atom. The van der Waals surface area contributed by atoms with E-state index < -0.39 is 0 Å². The van der Waals surface area contributed by atoms with Crippen molar-refractivity contribution in [2.45, 2.75) is 25.3 Å². The number of nitrogens with one attached hydrogen (secondary N) is 1. The molecule has 1 aromatic rings. The Kier molecular flexibility index (Phi) is 5.13. The van der Waals surface area contributed by atoms with Crippen LogP contribution in [0, 0.1) is 12.3 Å². The largest absolute Gasteiger partial charge is 0.271 e. The molecule has 4 heteroatoms. The number of unbranched alkanes of at least 4 members (excludes halogenated alkanes) is 1. The van der Waals surface area contributed by atoms with Crippen LogP contribution in [-0.2, 0) is 0 Å². The lowest BCUT2D eigenvalue weighted by molar-refractivity contribution is 0.502. The summed E-state index contributed by atoms with van der Waals surface area (Å²) >= 11 is 6.01. The number of hydrogen-bond acceptors (Lipinski definition) is 3. The lowest BCUT2D eigenvalue weighted by Crippen LogP contribution is -2.28. The Balaban J connectivity index is 2.66. The Morgan fingerprint density at radius 2 is 2.47 bits per heavy atom. The average Bonchev–Trinajstić information content (AvgIpc) is 2.26. The Labute approximate surface area is 95.0 Å². The normalized spacial score (nSPS) is 12.1. The first-order chi connectivity index (χ1) is 7.29. The molecule has 0 aromatic carbocycles. The summed E-state index contributed by atoms with van der Waals surface area (Å²) in [6.45, 7) is 0. The van der Waals surface area contributed by atoms with Crippen molar-refractivity contribution in [3.63, 3.8) is 0 Å². The van der Waals surface area contributed by atoms with Crippen LogP contribution >= 0.6 is 11.6 Å². The summed E-state index contributed by atoms with van der Waals surface area (Å²) in [5, 5.41) is 0.626. The van der Waals surface area contributed by atoms with Crippen molar-refractivity contribution in [2.24, 2.45) is 5.84 Å². The molecule has 0 fully saturated rings. The number of pyridine rings is 1. The third kappa shape index (κ3) is 3.52. The van der Waals surface area contributed by atoms with Crippen molar-refractivity contribution in [2.75, 3.05) is 0 Å². The molecule has 0 radical (unpaired) electrons. The molecule has 0 saturated carbocycles. The van der Waals surface area contributed by atoms with Crippen LogP contribution < -0.4 is 11.3 Å². The monoisotopic (exact) mass is 223 g/mol. The molecule has 0 aliphatic heterocycles. The van der Waals surface area contributed by atoms with E-state index in [1.807, 2.05) is 6.07 Å². The number of nitrogens with zero attached hydrogens (tertiary/aromatic N) is 1. The van der Waals surface area contributed by atoms with Gasteiger partial charge in [-0.05, 0) is 24.5 Å². The van der Waals surface area contributed by atoms with Gasteiger partial charge in [0.15, 0.2) is 0 Å². The second-order valence-corrected chi connectivity index (χ2v) is 3.62. The van der Waals surface area contributed by atoms with Gasteiger partial charge >= 0.3 is 0 Å². The molecule has 0 saturated heterocycles. The first kappa shape index (κ1) is 12.0. The predicted octanol–water partition coefficient (Wildman–Crippen LogP) is 2.04. The number of rotatable bonds is 5. The van der Waals surface area contributed by atoms with Gasteiger partial charge in [0.1, 0.15) is 0 Å². The molecule has 3 nitrogen and oxygen atoms in total. The molecule has 1 atom stereocenters. The van der Waals surface area contributed by atoms with E-state index in [1.165, 1.54) is 0 Å². The van der Waals surface area contributed by atoms with Crippen molar-refractivity contribution < 1.29 is 0 Å². The van der Waals surface area contributed by atoms with Crippen molar-refractivity contribution in [3.8, 4) is 12.3 Å². The SMILES string of the molecule is C#CCCCC(NN)c1ccncc1Cl. The second-order valence-electron chi connectivity index (χ2n) is 3.21. The fraction of sp³-hybridized carbons (Fsp3) is 0.364. The molecule has 0 bridgehead atoms. The third-order valence-corrected chi connectivity index (χ3v) is 2.51. The number of hydrazine groups is 1. The molecule has 0 aliphatic carbocycles. The zero-order chi connectivity index (χ0) is 11.1.